The van der Waals surface area contributed by atoms with Crippen molar-refractivity contribution in [3.63, 3.8) is 0 Å². The van der Waals surface area contributed by atoms with Gasteiger partial charge in [0.2, 0.25) is 0 Å². The van der Waals surface area contributed by atoms with Gasteiger partial charge in [-0.3, -0.25) is 0 Å². The number of hydrogen-bond acceptors (Lipinski definition) is 2. The lowest BCUT2D eigenvalue weighted by molar-refractivity contribution is 0.0357. The quantitative estimate of drug-likeness (QED) is 0.777. The fraction of sp³-hybridized carbons (Fsp3) is 1.00. The molecule has 2 aliphatic carbocycles. The van der Waals surface area contributed by atoms with Gasteiger partial charge in [-0.1, -0.05) is 26.2 Å². The molecule has 3 rings (SSSR count). The van der Waals surface area contributed by atoms with Gasteiger partial charge in [0.25, 0.3) is 0 Å². The van der Waals surface area contributed by atoms with E-state index in [9.17, 15) is 0 Å². The van der Waals surface area contributed by atoms with Crippen LogP contribution < -0.4 is 5.32 Å². The van der Waals surface area contributed by atoms with Crippen LogP contribution in [0.25, 0.3) is 0 Å². The minimum atomic E-state index is 0.703. The summed E-state index contributed by atoms with van der Waals surface area (Å²) < 4.78 is 5.51. The molecule has 0 aromatic heterocycles. The van der Waals surface area contributed by atoms with E-state index in [1.807, 2.05) is 0 Å². The summed E-state index contributed by atoms with van der Waals surface area (Å²) in [6, 6.07) is 1.54. The normalized spacial score (nSPS) is 48.2. The van der Waals surface area contributed by atoms with Crippen LogP contribution in [-0.4, -0.2) is 25.3 Å². The maximum atomic E-state index is 5.51. The number of fused-ring (bicyclic) bond motifs is 1. The van der Waals surface area contributed by atoms with Crippen molar-refractivity contribution in [3.8, 4) is 0 Å². The molecule has 1 saturated heterocycles. The van der Waals surface area contributed by atoms with Crippen LogP contribution in [0.2, 0.25) is 0 Å². The first-order valence-corrected chi connectivity index (χ1v) is 7.16. The number of nitrogens with one attached hydrogen (secondary N) is 1. The minimum Gasteiger partial charge on any atom is -0.381 e. The van der Waals surface area contributed by atoms with Crippen molar-refractivity contribution in [2.75, 3.05) is 13.2 Å². The van der Waals surface area contributed by atoms with Crippen LogP contribution in [0.4, 0.5) is 0 Å². The summed E-state index contributed by atoms with van der Waals surface area (Å²) in [6.45, 7) is 4.24. The Labute approximate surface area is 99.1 Å². The van der Waals surface area contributed by atoms with Gasteiger partial charge in [-0.15, -0.1) is 0 Å². The molecule has 2 nitrogen and oxygen atoms in total. The molecule has 5 atom stereocenters. The number of hydrogen-bond donors (Lipinski definition) is 1. The maximum absolute atomic E-state index is 5.51. The highest BCUT2D eigenvalue weighted by molar-refractivity contribution is 4.93. The van der Waals surface area contributed by atoms with Gasteiger partial charge in [-0.05, 0) is 37.0 Å². The van der Waals surface area contributed by atoms with Crippen molar-refractivity contribution in [1.29, 1.82) is 0 Å². The summed E-state index contributed by atoms with van der Waals surface area (Å²) in [4.78, 5) is 0. The van der Waals surface area contributed by atoms with Crippen molar-refractivity contribution < 1.29 is 4.74 Å². The molecule has 0 aromatic carbocycles. The predicted octanol–water partition coefficient (Wildman–Crippen LogP) is 2.58. The molecule has 3 aliphatic rings. The van der Waals surface area contributed by atoms with Crippen LogP contribution in [0, 0.1) is 17.8 Å². The Bertz CT molecular complexity index is 231. The molecule has 1 heterocycles. The Morgan fingerprint density at radius 3 is 2.50 bits per heavy atom. The molecule has 16 heavy (non-hydrogen) atoms. The standard InChI is InChI=1S/C14H25NO/c1-10-9-16-6-5-14(10)15-13-7-11-3-2-4-12(11)8-13/h10-15H,2-9H2,1H3/t10-,11-,12?,13?,14+/m1/s1. The van der Waals surface area contributed by atoms with Gasteiger partial charge in [0.15, 0.2) is 0 Å². The third-order valence-corrected chi connectivity index (χ3v) is 5.08. The largest absolute Gasteiger partial charge is 0.381 e. The van der Waals surface area contributed by atoms with Crippen molar-refractivity contribution >= 4 is 0 Å². The van der Waals surface area contributed by atoms with Gasteiger partial charge >= 0.3 is 0 Å². The molecule has 2 saturated carbocycles. The molecule has 0 radical (unpaired) electrons. The second-order valence-corrected chi connectivity index (χ2v) is 6.23. The van der Waals surface area contributed by atoms with Crippen molar-refractivity contribution in [1.82, 2.24) is 5.32 Å². The third-order valence-electron chi connectivity index (χ3n) is 5.08. The lowest BCUT2D eigenvalue weighted by Crippen LogP contribution is -2.45. The summed E-state index contributed by atoms with van der Waals surface area (Å²) in [5.41, 5.74) is 0. The summed E-state index contributed by atoms with van der Waals surface area (Å²) >= 11 is 0. The average Bonchev–Trinajstić information content (AvgIpc) is 2.81. The minimum absolute atomic E-state index is 0.703. The van der Waals surface area contributed by atoms with E-state index in [1.165, 1.54) is 38.5 Å². The lowest BCUT2D eigenvalue weighted by Gasteiger charge is -2.32. The average molecular weight is 223 g/mol. The number of ether oxygens (including phenoxy) is 1. The third kappa shape index (κ3) is 2.14. The molecule has 1 N–H and O–H groups in total. The Kier molecular flexibility index (Phi) is 3.21. The highest BCUT2D eigenvalue weighted by Gasteiger charge is 2.38. The lowest BCUT2D eigenvalue weighted by atomic mass is 9.96. The molecule has 0 amide bonds. The van der Waals surface area contributed by atoms with Crippen molar-refractivity contribution in [2.24, 2.45) is 17.8 Å². The molecule has 0 bridgehead atoms. The van der Waals surface area contributed by atoms with Crippen LogP contribution in [0.15, 0.2) is 0 Å². The highest BCUT2D eigenvalue weighted by atomic mass is 16.5. The van der Waals surface area contributed by atoms with E-state index in [0.717, 1.165) is 37.1 Å². The summed E-state index contributed by atoms with van der Waals surface area (Å²) in [7, 11) is 0. The van der Waals surface area contributed by atoms with E-state index in [0.29, 0.717) is 5.92 Å². The first-order chi connectivity index (χ1) is 7.83. The maximum Gasteiger partial charge on any atom is 0.0506 e. The second kappa shape index (κ2) is 4.66. The van der Waals surface area contributed by atoms with Gasteiger partial charge in [0.1, 0.15) is 0 Å². The SMILES string of the molecule is C[C@@H]1COCC[C@@H]1NC1CC2CCC[C@@H]2C1. The zero-order chi connectivity index (χ0) is 11.0. The summed E-state index contributed by atoms with van der Waals surface area (Å²) in [6.07, 6.45) is 8.63. The topological polar surface area (TPSA) is 21.3 Å². The molecular formula is C14H25NO. The first kappa shape index (κ1) is 11.0. The summed E-state index contributed by atoms with van der Waals surface area (Å²) in [5, 5.41) is 3.92. The van der Waals surface area contributed by atoms with E-state index < -0.39 is 0 Å². The van der Waals surface area contributed by atoms with Crippen LogP contribution in [0.5, 0.6) is 0 Å². The zero-order valence-electron chi connectivity index (χ0n) is 10.5. The molecule has 2 unspecified atom stereocenters. The van der Waals surface area contributed by atoms with Gasteiger partial charge < -0.3 is 10.1 Å². The fourth-order valence-electron chi connectivity index (χ4n) is 4.13. The Balaban J connectivity index is 1.51. The Morgan fingerprint density at radius 2 is 1.81 bits per heavy atom. The Morgan fingerprint density at radius 1 is 1.06 bits per heavy atom. The molecule has 92 valence electrons. The van der Waals surface area contributed by atoms with Crippen LogP contribution in [-0.2, 0) is 4.74 Å². The van der Waals surface area contributed by atoms with E-state index in [2.05, 4.69) is 12.2 Å². The molecular weight excluding hydrogens is 198 g/mol. The van der Waals surface area contributed by atoms with Gasteiger partial charge in [-0.25, -0.2) is 0 Å². The second-order valence-electron chi connectivity index (χ2n) is 6.23. The smallest absolute Gasteiger partial charge is 0.0506 e. The highest BCUT2D eigenvalue weighted by Crippen LogP contribution is 2.44. The molecule has 3 fully saturated rings. The summed E-state index contributed by atoms with van der Waals surface area (Å²) in [5.74, 6) is 2.83. The van der Waals surface area contributed by atoms with Crippen molar-refractivity contribution in [3.05, 3.63) is 0 Å². The van der Waals surface area contributed by atoms with Crippen LogP contribution in [0.3, 0.4) is 0 Å². The van der Waals surface area contributed by atoms with Crippen LogP contribution >= 0.6 is 0 Å². The number of rotatable bonds is 2. The molecule has 0 spiro atoms. The fourth-order valence-corrected chi connectivity index (χ4v) is 4.13. The van der Waals surface area contributed by atoms with Crippen molar-refractivity contribution in [2.45, 2.75) is 57.5 Å². The van der Waals surface area contributed by atoms with E-state index >= 15 is 0 Å². The monoisotopic (exact) mass is 223 g/mol. The van der Waals surface area contributed by atoms with E-state index in [-0.39, 0.29) is 0 Å². The molecule has 2 heteroatoms. The van der Waals surface area contributed by atoms with E-state index in [4.69, 9.17) is 4.74 Å². The van der Waals surface area contributed by atoms with E-state index in [1.54, 1.807) is 0 Å². The van der Waals surface area contributed by atoms with Gasteiger partial charge in [0, 0.05) is 18.7 Å². The Hall–Kier alpha value is -0.0800. The zero-order valence-corrected chi connectivity index (χ0v) is 10.5. The van der Waals surface area contributed by atoms with Gasteiger partial charge in [0.05, 0.1) is 6.61 Å². The first-order valence-electron chi connectivity index (χ1n) is 7.16. The molecule has 1 aliphatic heterocycles. The van der Waals surface area contributed by atoms with Gasteiger partial charge in [-0.2, -0.15) is 0 Å². The molecule has 0 aromatic rings. The predicted molar refractivity (Wildman–Crippen MR) is 65.4 cm³/mol. The van der Waals surface area contributed by atoms with Crippen LogP contribution in [0.1, 0.15) is 45.4 Å².